The van der Waals surface area contributed by atoms with Crippen LogP contribution in [0.2, 0.25) is 5.02 Å². The largest absolute Gasteiger partial charge is 0.312 e. The van der Waals surface area contributed by atoms with E-state index in [0.717, 1.165) is 18.5 Å². The number of halogens is 1. The topological polar surface area (TPSA) is 73.0 Å². The molecule has 0 atom stereocenters. The van der Waals surface area contributed by atoms with Gasteiger partial charge in [-0.25, -0.2) is 0 Å². The van der Waals surface area contributed by atoms with E-state index in [1.54, 1.807) is 16.8 Å². The minimum atomic E-state index is -0.413. The molecule has 0 amide bonds. The number of hydrogen-bond acceptors (Lipinski definition) is 4. The number of rotatable bonds is 6. The molecule has 6 nitrogen and oxygen atoms in total. The molecule has 1 N–H and O–H groups in total. The lowest BCUT2D eigenvalue weighted by Gasteiger charge is -2.05. The SMILES string of the molecule is Cn1cc(CCNCc2ccc(Cl)cc2[N+](=O)[O-])cn1. The summed E-state index contributed by atoms with van der Waals surface area (Å²) in [5, 5.41) is 18.6. The number of nitro groups is 1. The summed E-state index contributed by atoms with van der Waals surface area (Å²) in [4.78, 5) is 10.5. The first-order valence-corrected chi connectivity index (χ1v) is 6.55. The molecule has 2 rings (SSSR count). The number of hydrogen-bond donors (Lipinski definition) is 1. The Balaban J connectivity index is 1.89. The lowest BCUT2D eigenvalue weighted by molar-refractivity contribution is -0.385. The van der Waals surface area contributed by atoms with E-state index in [0.29, 0.717) is 17.1 Å². The van der Waals surface area contributed by atoms with E-state index >= 15 is 0 Å². The molecule has 0 spiro atoms. The third-order valence-electron chi connectivity index (χ3n) is 2.91. The van der Waals surface area contributed by atoms with Crippen molar-refractivity contribution in [2.75, 3.05) is 6.54 Å². The normalized spacial score (nSPS) is 10.7. The van der Waals surface area contributed by atoms with E-state index in [4.69, 9.17) is 11.6 Å². The van der Waals surface area contributed by atoms with Gasteiger partial charge in [-0.05, 0) is 30.7 Å². The highest BCUT2D eigenvalue weighted by atomic mass is 35.5. The molecule has 0 bridgehead atoms. The van der Waals surface area contributed by atoms with Crippen LogP contribution >= 0.6 is 11.6 Å². The molecule has 0 fully saturated rings. The van der Waals surface area contributed by atoms with Crippen molar-refractivity contribution in [3.63, 3.8) is 0 Å². The van der Waals surface area contributed by atoms with Crippen LogP contribution in [0, 0.1) is 10.1 Å². The Kier molecular flexibility index (Phi) is 4.70. The summed E-state index contributed by atoms with van der Waals surface area (Å²) in [5.41, 5.74) is 1.81. The van der Waals surface area contributed by atoms with E-state index < -0.39 is 4.92 Å². The fourth-order valence-corrected chi connectivity index (χ4v) is 2.08. The van der Waals surface area contributed by atoms with Gasteiger partial charge in [-0.1, -0.05) is 11.6 Å². The van der Waals surface area contributed by atoms with Crippen LogP contribution in [-0.4, -0.2) is 21.2 Å². The zero-order valence-corrected chi connectivity index (χ0v) is 11.8. The number of nitrogens with one attached hydrogen (secondary N) is 1. The summed E-state index contributed by atoms with van der Waals surface area (Å²) in [7, 11) is 1.87. The average molecular weight is 295 g/mol. The first kappa shape index (κ1) is 14.5. The van der Waals surface area contributed by atoms with Crippen LogP contribution in [0.3, 0.4) is 0 Å². The molecule has 1 aromatic heterocycles. The average Bonchev–Trinajstić information content (AvgIpc) is 2.81. The molecule has 20 heavy (non-hydrogen) atoms. The Hall–Kier alpha value is -1.92. The van der Waals surface area contributed by atoms with E-state index in [9.17, 15) is 10.1 Å². The molecule has 0 saturated carbocycles. The Morgan fingerprint density at radius 1 is 1.50 bits per heavy atom. The van der Waals surface area contributed by atoms with Crippen LogP contribution in [0.25, 0.3) is 0 Å². The molecular weight excluding hydrogens is 280 g/mol. The summed E-state index contributed by atoms with van der Waals surface area (Å²) >= 11 is 5.77. The van der Waals surface area contributed by atoms with Crippen molar-refractivity contribution in [3.8, 4) is 0 Å². The first-order valence-electron chi connectivity index (χ1n) is 6.17. The molecule has 1 aromatic carbocycles. The molecular formula is C13H15ClN4O2. The zero-order valence-electron chi connectivity index (χ0n) is 11.0. The van der Waals surface area contributed by atoms with E-state index in [-0.39, 0.29) is 5.69 Å². The van der Waals surface area contributed by atoms with Gasteiger partial charge in [0.25, 0.3) is 5.69 Å². The fourth-order valence-electron chi connectivity index (χ4n) is 1.91. The van der Waals surface area contributed by atoms with Crippen molar-refractivity contribution in [2.24, 2.45) is 7.05 Å². The molecule has 1 heterocycles. The maximum atomic E-state index is 10.9. The zero-order chi connectivity index (χ0) is 14.5. The van der Waals surface area contributed by atoms with Crippen LogP contribution in [0.1, 0.15) is 11.1 Å². The third kappa shape index (κ3) is 3.79. The number of nitrogens with zero attached hydrogens (tertiary/aromatic N) is 3. The van der Waals surface area contributed by atoms with Crippen molar-refractivity contribution < 1.29 is 4.92 Å². The quantitative estimate of drug-likeness (QED) is 0.504. The number of aryl methyl sites for hydroxylation is 1. The third-order valence-corrected chi connectivity index (χ3v) is 3.14. The molecule has 0 saturated heterocycles. The Morgan fingerprint density at radius 3 is 2.95 bits per heavy atom. The Labute approximate surface area is 121 Å². The van der Waals surface area contributed by atoms with Crippen molar-refractivity contribution in [3.05, 3.63) is 56.9 Å². The van der Waals surface area contributed by atoms with Gasteiger partial charge in [-0.15, -0.1) is 0 Å². The predicted molar refractivity (Wildman–Crippen MR) is 76.7 cm³/mol. The first-order chi connectivity index (χ1) is 9.56. The van der Waals surface area contributed by atoms with Gasteiger partial charge in [0.15, 0.2) is 0 Å². The van der Waals surface area contributed by atoms with Gasteiger partial charge >= 0.3 is 0 Å². The van der Waals surface area contributed by atoms with Crippen LogP contribution in [0.4, 0.5) is 5.69 Å². The van der Waals surface area contributed by atoms with Gasteiger partial charge in [-0.2, -0.15) is 5.10 Å². The molecule has 0 aliphatic rings. The predicted octanol–water partition coefficient (Wildman–Crippen LogP) is 2.31. The summed E-state index contributed by atoms with van der Waals surface area (Å²) in [5.74, 6) is 0. The van der Waals surface area contributed by atoms with Crippen molar-refractivity contribution in [1.29, 1.82) is 0 Å². The molecule has 0 aliphatic heterocycles. The summed E-state index contributed by atoms with van der Waals surface area (Å²) < 4.78 is 1.75. The van der Waals surface area contributed by atoms with E-state index in [1.165, 1.54) is 6.07 Å². The van der Waals surface area contributed by atoms with Crippen molar-refractivity contribution in [1.82, 2.24) is 15.1 Å². The second kappa shape index (κ2) is 6.49. The Bertz CT molecular complexity index is 612. The van der Waals surface area contributed by atoms with Crippen molar-refractivity contribution >= 4 is 17.3 Å². The highest BCUT2D eigenvalue weighted by Crippen LogP contribution is 2.22. The Morgan fingerprint density at radius 2 is 2.30 bits per heavy atom. The summed E-state index contributed by atoms with van der Waals surface area (Å²) in [6, 6.07) is 4.71. The standard InChI is InChI=1S/C13H15ClN4O2/c1-17-9-10(7-16-17)4-5-15-8-11-2-3-12(14)6-13(11)18(19)20/h2-3,6-7,9,15H,4-5,8H2,1H3. The van der Waals surface area contributed by atoms with Crippen LogP contribution in [0.15, 0.2) is 30.6 Å². The lowest BCUT2D eigenvalue weighted by Crippen LogP contribution is -2.17. The minimum absolute atomic E-state index is 0.0476. The molecule has 7 heteroatoms. The minimum Gasteiger partial charge on any atom is -0.312 e. The second-order valence-corrected chi connectivity index (χ2v) is 4.92. The summed E-state index contributed by atoms with van der Waals surface area (Å²) in [6.45, 7) is 1.17. The monoisotopic (exact) mass is 294 g/mol. The number of aromatic nitrogens is 2. The van der Waals surface area contributed by atoms with E-state index in [1.807, 2.05) is 19.4 Å². The van der Waals surface area contributed by atoms with Gasteiger partial charge in [0.05, 0.1) is 11.1 Å². The lowest BCUT2D eigenvalue weighted by atomic mass is 10.1. The fraction of sp³-hybridized carbons (Fsp3) is 0.308. The van der Waals surface area contributed by atoms with Gasteiger partial charge in [0.1, 0.15) is 0 Å². The summed E-state index contributed by atoms with van der Waals surface area (Å²) in [6.07, 6.45) is 4.59. The number of benzene rings is 1. The van der Waals surface area contributed by atoms with E-state index in [2.05, 4.69) is 10.4 Å². The molecule has 0 unspecified atom stereocenters. The van der Waals surface area contributed by atoms with Crippen LogP contribution < -0.4 is 5.32 Å². The molecule has 106 valence electrons. The van der Waals surface area contributed by atoms with Crippen LogP contribution in [0.5, 0.6) is 0 Å². The van der Waals surface area contributed by atoms with Gasteiger partial charge in [0, 0.05) is 36.4 Å². The van der Waals surface area contributed by atoms with Crippen LogP contribution in [-0.2, 0) is 20.0 Å². The number of nitro benzene ring substituents is 1. The molecule has 0 radical (unpaired) electrons. The van der Waals surface area contributed by atoms with Crippen molar-refractivity contribution in [2.45, 2.75) is 13.0 Å². The maximum Gasteiger partial charge on any atom is 0.275 e. The van der Waals surface area contributed by atoms with Gasteiger partial charge < -0.3 is 5.32 Å². The van der Waals surface area contributed by atoms with Gasteiger partial charge in [0.2, 0.25) is 0 Å². The highest BCUT2D eigenvalue weighted by molar-refractivity contribution is 6.30. The highest BCUT2D eigenvalue weighted by Gasteiger charge is 2.13. The smallest absolute Gasteiger partial charge is 0.275 e. The maximum absolute atomic E-state index is 10.9. The molecule has 2 aromatic rings. The second-order valence-electron chi connectivity index (χ2n) is 4.48. The van der Waals surface area contributed by atoms with Gasteiger partial charge in [-0.3, -0.25) is 14.8 Å². The molecule has 0 aliphatic carbocycles.